The predicted molar refractivity (Wildman–Crippen MR) is 71.9 cm³/mol. The zero-order chi connectivity index (χ0) is 14.1. The molecule has 1 aromatic carbocycles. The molecule has 6 heteroatoms. The van der Waals surface area contributed by atoms with Crippen molar-refractivity contribution in [1.82, 2.24) is 14.6 Å². The smallest absolute Gasteiger partial charge is 0.352 e. The number of fused-ring (bicyclic) bond motifs is 1. The molecule has 0 unspecified atom stereocenters. The quantitative estimate of drug-likeness (QED) is 0.788. The highest BCUT2D eigenvalue weighted by atomic mass is 16.5. The Morgan fingerprint density at radius 3 is 2.55 bits per heavy atom. The highest BCUT2D eigenvalue weighted by Crippen LogP contribution is 2.22. The fraction of sp³-hybridized carbons (Fsp3) is 0.0714. The van der Waals surface area contributed by atoms with Crippen molar-refractivity contribution >= 4 is 11.6 Å². The molecule has 0 aliphatic carbocycles. The Balaban J connectivity index is 2.22. The lowest BCUT2D eigenvalue weighted by atomic mass is 10.2. The predicted octanol–water partition coefficient (Wildman–Crippen LogP) is 2.10. The number of carboxylic acids is 1. The molecule has 2 heterocycles. The number of carbonyl (C=O) groups is 1. The van der Waals surface area contributed by atoms with E-state index in [0.717, 1.165) is 11.3 Å². The number of pyridine rings is 1. The zero-order valence-electron chi connectivity index (χ0n) is 10.6. The van der Waals surface area contributed by atoms with Crippen LogP contribution in [0.2, 0.25) is 0 Å². The van der Waals surface area contributed by atoms with E-state index in [-0.39, 0.29) is 5.69 Å². The number of methoxy groups -OCH3 is 1. The second kappa shape index (κ2) is 4.65. The number of aromatic nitrogens is 3. The number of hydrogen-bond donors (Lipinski definition) is 1. The van der Waals surface area contributed by atoms with Crippen LogP contribution in [0.4, 0.5) is 0 Å². The molecule has 0 amide bonds. The van der Waals surface area contributed by atoms with Crippen LogP contribution < -0.4 is 4.74 Å². The first-order valence-corrected chi connectivity index (χ1v) is 5.92. The molecule has 0 aliphatic rings. The number of rotatable bonds is 3. The van der Waals surface area contributed by atoms with Gasteiger partial charge < -0.3 is 9.84 Å². The fourth-order valence-electron chi connectivity index (χ4n) is 2.04. The molecule has 20 heavy (non-hydrogen) atoms. The molecular weight excluding hydrogens is 258 g/mol. The molecule has 0 fully saturated rings. The van der Waals surface area contributed by atoms with Gasteiger partial charge in [-0.15, -0.1) is 10.2 Å². The number of aromatic carboxylic acids is 1. The Labute approximate surface area is 114 Å². The lowest BCUT2D eigenvalue weighted by Crippen LogP contribution is -2.05. The van der Waals surface area contributed by atoms with Gasteiger partial charge in [0.05, 0.1) is 7.11 Å². The largest absolute Gasteiger partial charge is 0.497 e. The molecule has 0 atom stereocenters. The summed E-state index contributed by atoms with van der Waals surface area (Å²) in [6, 6.07) is 12.1. The third-order valence-corrected chi connectivity index (χ3v) is 3.00. The molecule has 1 N–H and O–H groups in total. The molecule has 0 saturated heterocycles. The topological polar surface area (TPSA) is 76.7 Å². The van der Waals surface area contributed by atoms with E-state index in [2.05, 4.69) is 10.2 Å². The Morgan fingerprint density at radius 1 is 1.15 bits per heavy atom. The van der Waals surface area contributed by atoms with Crippen LogP contribution in [0, 0.1) is 0 Å². The van der Waals surface area contributed by atoms with Crippen LogP contribution in [0.25, 0.3) is 17.0 Å². The molecule has 100 valence electrons. The van der Waals surface area contributed by atoms with Crippen molar-refractivity contribution in [2.75, 3.05) is 7.11 Å². The second-order valence-corrected chi connectivity index (χ2v) is 4.16. The summed E-state index contributed by atoms with van der Waals surface area (Å²) in [5.41, 5.74) is 1.39. The van der Waals surface area contributed by atoms with Crippen molar-refractivity contribution in [3.05, 3.63) is 48.2 Å². The Kier molecular flexibility index (Phi) is 2.83. The monoisotopic (exact) mass is 269 g/mol. The van der Waals surface area contributed by atoms with Gasteiger partial charge in [0, 0.05) is 5.56 Å². The van der Waals surface area contributed by atoms with Crippen molar-refractivity contribution in [3.63, 3.8) is 0 Å². The molecule has 6 nitrogen and oxygen atoms in total. The van der Waals surface area contributed by atoms with Gasteiger partial charge in [0.2, 0.25) is 0 Å². The van der Waals surface area contributed by atoms with Gasteiger partial charge in [0.25, 0.3) is 0 Å². The fourth-order valence-corrected chi connectivity index (χ4v) is 2.04. The normalized spacial score (nSPS) is 10.7. The van der Waals surface area contributed by atoms with Crippen molar-refractivity contribution < 1.29 is 14.6 Å². The minimum absolute atomic E-state index is 0.123. The maximum atomic E-state index is 11.3. The Hall–Kier alpha value is -2.89. The number of benzene rings is 1. The third-order valence-electron chi connectivity index (χ3n) is 3.00. The summed E-state index contributed by atoms with van der Waals surface area (Å²) in [6.07, 6.45) is 0. The van der Waals surface area contributed by atoms with Crippen LogP contribution >= 0.6 is 0 Å². The Bertz CT molecular complexity index is 778. The maximum Gasteiger partial charge on any atom is 0.352 e. The average molecular weight is 269 g/mol. The summed E-state index contributed by atoms with van der Waals surface area (Å²) in [7, 11) is 1.59. The van der Waals surface area contributed by atoms with E-state index in [1.165, 1.54) is 10.5 Å². The highest BCUT2D eigenvalue weighted by Gasteiger charge is 2.15. The lowest BCUT2D eigenvalue weighted by Gasteiger charge is -2.05. The first-order chi connectivity index (χ1) is 9.70. The SMILES string of the molecule is COc1ccc(-c2nnc3cccc(C(=O)O)n23)cc1. The van der Waals surface area contributed by atoms with E-state index in [1.807, 2.05) is 12.1 Å². The summed E-state index contributed by atoms with van der Waals surface area (Å²) in [6.45, 7) is 0. The molecule has 0 spiro atoms. The van der Waals surface area contributed by atoms with Crippen molar-refractivity contribution in [2.24, 2.45) is 0 Å². The first kappa shape index (κ1) is 12.2. The minimum Gasteiger partial charge on any atom is -0.497 e. The molecule has 0 bridgehead atoms. The van der Waals surface area contributed by atoms with E-state index in [1.54, 1.807) is 31.4 Å². The van der Waals surface area contributed by atoms with Gasteiger partial charge in [0.15, 0.2) is 11.5 Å². The number of ether oxygens (including phenoxy) is 1. The molecule has 0 saturated carbocycles. The van der Waals surface area contributed by atoms with Crippen LogP contribution in [-0.2, 0) is 0 Å². The molecule has 3 rings (SSSR count). The minimum atomic E-state index is -1.02. The molecular formula is C14H11N3O3. The van der Waals surface area contributed by atoms with Crippen LogP contribution in [-0.4, -0.2) is 32.8 Å². The third kappa shape index (κ3) is 1.87. The van der Waals surface area contributed by atoms with Crippen molar-refractivity contribution in [1.29, 1.82) is 0 Å². The lowest BCUT2D eigenvalue weighted by molar-refractivity contribution is 0.0689. The Morgan fingerprint density at radius 2 is 1.90 bits per heavy atom. The molecule has 0 radical (unpaired) electrons. The highest BCUT2D eigenvalue weighted by molar-refractivity contribution is 5.87. The molecule has 0 aliphatic heterocycles. The number of carboxylic acid groups (broad SMARTS) is 1. The van der Waals surface area contributed by atoms with E-state index in [4.69, 9.17) is 4.74 Å². The number of nitrogens with zero attached hydrogens (tertiary/aromatic N) is 3. The summed E-state index contributed by atoms with van der Waals surface area (Å²) in [5, 5.41) is 17.3. The second-order valence-electron chi connectivity index (χ2n) is 4.16. The summed E-state index contributed by atoms with van der Waals surface area (Å²) >= 11 is 0. The van der Waals surface area contributed by atoms with Crippen LogP contribution in [0.5, 0.6) is 5.75 Å². The van der Waals surface area contributed by atoms with Crippen molar-refractivity contribution in [3.8, 4) is 17.1 Å². The van der Waals surface area contributed by atoms with Gasteiger partial charge >= 0.3 is 5.97 Å². The van der Waals surface area contributed by atoms with Gasteiger partial charge in [-0.3, -0.25) is 4.40 Å². The average Bonchev–Trinajstić information content (AvgIpc) is 2.91. The van der Waals surface area contributed by atoms with Crippen LogP contribution in [0.15, 0.2) is 42.5 Å². The van der Waals surface area contributed by atoms with E-state index in [0.29, 0.717) is 11.5 Å². The van der Waals surface area contributed by atoms with Gasteiger partial charge in [-0.2, -0.15) is 0 Å². The van der Waals surface area contributed by atoms with E-state index < -0.39 is 5.97 Å². The van der Waals surface area contributed by atoms with Crippen molar-refractivity contribution in [2.45, 2.75) is 0 Å². The number of hydrogen-bond acceptors (Lipinski definition) is 4. The summed E-state index contributed by atoms with van der Waals surface area (Å²) < 4.78 is 6.62. The summed E-state index contributed by atoms with van der Waals surface area (Å²) in [5.74, 6) is 0.187. The van der Waals surface area contributed by atoms with E-state index in [9.17, 15) is 9.90 Å². The van der Waals surface area contributed by atoms with E-state index >= 15 is 0 Å². The summed E-state index contributed by atoms with van der Waals surface area (Å²) in [4.78, 5) is 11.3. The molecule has 3 aromatic rings. The molecule has 2 aromatic heterocycles. The first-order valence-electron chi connectivity index (χ1n) is 5.92. The maximum absolute atomic E-state index is 11.3. The van der Waals surface area contributed by atoms with Gasteiger partial charge in [0.1, 0.15) is 11.4 Å². The standard InChI is InChI=1S/C14H11N3O3/c1-20-10-7-5-9(6-8-10)13-16-15-12-4-2-3-11(14(18)19)17(12)13/h2-8H,1H3,(H,18,19). The van der Waals surface area contributed by atoms with Gasteiger partial charge in [-0.05, 0) is 36.4 Å². The van der Waals surface area contributed by atoms with Crippen LogP contribution in [0.1, 0.15) is 10.5 Å². The van der Waals surface area contributed by atoms with Gasteiger partial charge in [-0.25, -0.2) is 4.79 Å². The zero-order valence-corrected chi connectivity index (χ0v) is 10.6. The van der Waals surface area contributed by atoms with Crippen LogP contribution in [0.3, 0.4) is 0 Å². The van der Waals surface area contributed by atoms with Gasteiger partial charge in [-0.1, -0.05) is 6.07 Å².